The normalized spacial score (nSPS) is 24.6. The molecule has 1 aromatic rings. The Hall–Kier alpha value is -1.20. The molecule has 3 rings (SSSR count). The van der Waals surface area contributed by atoms with Gasteiger partial charge in [0.1, 0.15) is 11.6 Å². The third kappa shape index (κ3) is 3.76. The topological polar surface area (TPSA) is 50.3 Å². The highest BCUT2D eigenvalue weighted by Gasteiger charge is 2.27. The summed E-state index contributed by atoms with van der Waals surface area (Å²) in [5, 5.41) is 3.60. The highest BCUT2D eigenvalue weighted by molar-refractivity contribution is 5.35. The Morgan fingerprint density at radius 1 is 1.23 bits per heavy atom. The first kappa shape index (κ1) is 15.7. The Balaban J connectivity index is 1.54. The average molecular weight is 304 g/mol. The molecule has 2 aliphatic heterocycles. The Kier molecular flexibility index (Phi) is 4.64. The van der Waals surface area contributed by atoms with Crippen molar-refractivity contribution >= 4 is 5.82 Å². The number of rotatable bonds is 3. The molecule has 1 unspecified atom stereocenters. The van der Waals surface area contributed by atoms with Gasteiger partial charge in [-0.2, -0.15) is 0 Å². The molecule has 2 aliphatic rings. The highest BCUT2D eigenvalue weighted by Crippen LogP contribution is 2.22. The second-order valence-electron chi connectivity index (χ2n) is 7.49. The molecule has 22 heavy (non-hydrogen) atoms. The molecule has 2 saturated heterocycles. The predicted molar refractivity (Wildman–Crippen MR) is 88.2 cm³/mol. The standard InChI is InChI=1S/C17H28N4O/c1-17(2,3)16-18-8-4-15(20-16)19-13-5-9-21(10-6-13)14-7-11-22-12-14/h4,8,13-14H,5-7,9-12H2,1-3H3,(H,18,19,20). The quantitative estimate of drug-likeness (QED) is 0.929. The number of hydrogen-bond acceptors (Lipinski definition) is 5. The molecule has 1 atom stereocenters. The molecule has 0 amide bonds. The second kappa shape index (κ2) is 6.50. The maximum Gasteiger partial charge on any atom is 0.135 e. The van der Waals surface area contributed by atoms with E-state index in [4.69, 9.17) is 4.74 Å². The van der Waals surface area contributed by atoms with Crippen molar-refractivity contribution in [1.82, 2.24) is 14.9 Å². The highest BCUT2D eigenvalue weighted by atomic mass is 16.5. The number of ether oxygens (including phenoxy) is 1. The number of hydrogen-bond donors (Lipinski definition) is 1. The number of anilines is 1. The summed E-state index contributed by atoms with van der Waals surface area (Å²) in [5.41, 5.74) is -0.0104. The van der Waals surface area contributed by atoms with Gasteiger partial charge in [-0.1, -0.05) is 20.8 Å². The summed E-state index contributed by atoms with van der Waals surface area (Å²) in [6.45, 7) is 10.6. The summed E-state index contributed by atoms with van der Waals surface area (Å²) < 4.78 is 5.50. The van der Waals surface area contributed by atoms with Crippen molar-refractivity contribution in [2.75, 3.05) is 31.6 Å². The lowest BCUT2D eigenvalue weighted by Gasteiger charge is -2.35. The van der Waals surface area contributed by atoms with E-state index in [2.05, 4.69) is 41.0 Å². The van der Waals surface area contributed by atoms with Crippen LogP contribution in [0.5, 0.6) is 0 Å². The van der Waals surface area contributed by atoms with Gasteiger partial charge >= 0.3 is 0 Å². The minimum absolute atomic E-state index is 0.0104. The van der Waals surface area contributed by atoms with Crippen molar-refractivity contribution < 1.29 is 4.74 Å². The van der Waals surface area contributed by atoms with Crippen molar-refractivity contribution in [3.05, 3.63) is 18.1 Å². The summed E-state index contributed by atoms with van der Waals surface area (Å²) in [7, 11) is 0. The molecule has 0 aromatic carbocycles. The molecular formula is C17H28N4O. The van der Waals surface area contributed by atoms with E-state index >= 15 is 0 Å². The maximum atomic E-state index is 5.50. The average Bonchev–Trinajstić information content (AvgIpc) is 3.02. The molecule has 0 spiro atoms. The van der Waals surface area contributed by atoms with Crippen molar-refractivity contribution in [3.8, 4) is 0 Å². The van der Waals surface area contributed by atoms with Crippen molar-refractivity contribution in [3.63, 3.8) is 0 Å². The molecule has 0 aliphatic carbocycles. The van der Waals surface area contributed by atoms with Crippen molar-refractivity contribution in [2.24, 2.45) is 0 Å². The molecule has 5 nitrogen and oxygen atoms in total. The van der Waals surface area contributed by atoms with Crippen LogP contribution in [0.4, 0.5) is 5.82 Å². The van der Waals surface area contributed by atoms with E-state index in [1.54, 1.807) is 0 Å². The van der Waals surface area contributed by atoms with Crippen molar-refractivity contribution in [1.29, 1.82) is 0 Å². The Labute approximate surface area is 133 Å². The van der Waals surface area contributed by atoms with Crippen LogP contribution in [-0.4, -0.2) is 53.3 Å². The number of likely N-dealkylation sites (tertiary alicyclic amines) is 1. The Bertz CT molecular complexity index is 486. The summed E-state index contributed by atoms with van der Waals surface area (Å²) in [6, 6.07) is 3.14. The van der Waals surface area contributed by atoms with E-state index in [0.717, 1.165) is 37.9 Å². The van der Waals surface area contributed by atoms with E-state index in [-0.39, 0.29) is 5.41 Å². The molecule has 5 heteroatoms. The fourth-order valence-corrected chi connectivity index (χ4v) is 3.23. The van der Waals surface area contributed by atoms with Gasteiger partial charge in [0.15, 0.2) is 0 Å². The number of nitrogens with one attached hydrogen (secondary N) is 1. The van der Waals surface area contributed by atoms with Crippen LogP contribution in [0.2, 0.25) is 0 Å². The van der Waals surface area contributed by atoms with Gasteiger partial charge in [-0.15, -0.1) is 0 Å². The zero-order valence-electron chi connectivity index (χ0n) is 14.0. The van der Waals surface area contributed by atoms with Crippen LogP contribution in [0.1, 0.15) is 45.9 Å². The lowest BCUT2D eigenvalue weighted by Crippen LogP contribution is -2.45. The van der Waals surface area contributed by atoms with Crippen LogP contribution >= 0.6 is 0 Å². The van der Waals surface area contributed by atoms with Gasteiger partial charge in [0.2, 0.25) is 0 Å². The third-order valence-electron chi connectivity index (χ3n) is 4.63. The first-order valence-corrected chi connectivity index (χ1v) is 8.44. The van der Waals surface area contributed by atoms with Crippen LogP contribution in [-0.2, 0) is 10.2 Å². The molecule has 0 bridgehead atoms. The predicted octanol–water partition coefficient (Wildman–Crippen LogP) is 2.44. The lowest BCUT2D eigenvalue weighted by molar-refractivity contribution is 0.124. The van der Waals surface area contributed by atoms with Crippen LogP contribution in [0.3, 0.4) is 0 Å². The molecule has 3 heterocycles. The molecule has 0 radical (unpaired) electrons. The molecule has 2 fully saturated rings. The third-order valence-corrected chi connectivity index (χ3v) is 4.63. The molecular weight excluding hydrogens is 276 g/mol. The smallest absolute Gasteiger partial charge is 0.135 e. The van der Waals surface area contributed by atoms with Gasteiger partial charge in [-0.3, -0.25) is 4.90 Å². The Morgan fingerprint density at radius 2 is 2.00 bits per heavy atom. The summed E-state index contributed by atoms with van der Waals surface area (Å²) in [5.74, 6) is 1.86. The molecule has 0 saturated carbocycles. The van der Waals surface area contributed by atoms with Gasteiger partial charge in [0.05, 0.1) is 6.61 Å². The van der Waals surface area contributed by atoms with Crippen LogP contribution < -0.4 is 5.32 Å². The first-order valence-electron chi connectivity index (χ1n) is 8.44. The number of piperidine rings is 1. The van der Waals surface area contributed by atoms with Crippen LogP contribution in [0.15, 0.2) is 12.3 Å². The van der Waals surface area contributed by atoms with E-state index < -0.39 is 0 Å². The van der Waals surface area contributed by atoms with E-state index in [9.17, 15) is 0 Å². The number of aromatic nitrogens is 2. The summed E-state index contributed by atoms with van der Waals surface area (Å²) in [4.78, 5) is 11.7. The number of nitrogens with zero attached hydrogens (tertiary/aromatic N) is 3. The fraction of sp³-hybridized carbons (Fsp3) is 0.765. The minimum atomic E-state index is -0.0104. The summed E-state index contributed by atoms with van der Waals surface area (Å²) in [6.07, 6.45) is 5.40. The first-order chi connectivity index (χ1) is 10.5. The maximum absolute atomic E-state index is 5.50. The van der Waals surface area contributed by atoms with Crippen molar-refractivity contribution in [2.45, 2.75) is 57.5 Å². The molecule has 1 N–H and O–H groups in total. The van der Waals surface area contributed by atoms with Gasteiger partial charge in [0.25, 0.3) is 0 Å². The monoisotopic (exact) mass is 304 g/mol. The van der Waals surface area contributed by atoms with Gasteiger partial charge < -0.3 is 10.1 Å². The molecule has 122 valence electrons. The van der Waals surface area contributed by atoms with Gasteiger partial charge in [-0.25, -0.2) is 9.97 Å². The zero-order chi connectivity index (χ0) is 15.6. The van der Waals surface area contributed by atoms with E-state index in [1.807, 2.05) is 12.3 Å². The molecule has 1 aromatic heterocycles. The Morgan fingerprint density at radius 3 is 2.64 bits per heavy atom. The summed E-state index contributed by atoms with van der Waals surface area (Å²) >= 11 is 0. The van der Waals surface area contributed by atoms with E-state index in [1.165, 1.54) is 19.3 Å². The van der Waals surface area contributed by atoms with Crippen LogP contribution in [0.25, 0.3) is 0 Å². The second-order valence-corrected chi connectivity index (χ2v) is 7.49. The van der Waals surface area contributed by atoms with Gasteiger partial charge in [0, 0.05) is 43.4 Å². The van der Waals surface area contributed by atoms with E-state index in [0.29, 0.717) is 12.1 Å². The lowest BCUT2D eigenvalue weighted by atomic mass is 9.96. The van der Waals surface area contributed by atoms with Gasteiger partial charge in [-0.05, 0) is 25.3 Å². The largest absolute Gasteiger partial charge is 0.380 e. The zero-order valence-corrected chi connectivity index (χ0v) is 14.0. The van der Waals surface area contributed by atoms with Crippen LogP contribution in [0, 0.1) is 0 Å². The minimum Gasteiger partial charge on any atom is -0.380 e. The SMILES string of the molecule is CC(C)(C)c1nccc(NC2CCN(C3CCOC3)CC2)n1. The fourth-order valence-electron chi connectivity index (χ4n) is 3.23.